The molecule has 0 amide bonds. The fraction of sp³-hybridized carbons (Fsp3) is 0. The standard InChI is InChI=1S/C14H8Cl2N2OS/c15-9-3-1-7(6-19)13(16)12(9)14-18-10-4-2-8(17)5-11(10)20-14/h1-6H,17H2. The van der Waals surface area contributed by atoms with Crippen molar-refractivity contribution in [3.8, 4) is 10.6 Å². The summed E-state index contributed by atoms with van der Waals surface area (Å²) in [5.74, 6) is 0. The molecule has 3 rings (SSSR count). The summed E-state index contributed by atoms with van der Waals surface area (Å²) >= 11 is 13.9. The van der Waals surface area contributed by atoms with Gasteiger partial charge in [0.05, 0.1) is 20.3 Å². The topological polar surface area (TPSA) is 56.0 Å². The number of nitrogens with two attached hydrogens (primary N) is 1. The van der Waals surface area contributed by atoms with Crippen molar-refractivity contribution in [3.63, 3.8) is 0 Å². The van der Waals surface area contributed by atoms with Crippen molar-refractivity contribution in [1.82, 2.24) is 4.98 Å². The lowest BCUT2D eigenvalue weighted by Crippen LogP contribution is -1.87. The van der Waals surface area contributed by atoms with Crippen LogP contribution in [0.1, 0.15) is 10.4 Å². The third-order valence-corrected chi connectivity index (χ3v) is 4.63. The van der Waals surface area contributed by atoms with Crippen LogP contribution < -0.4 is 5.73 Å². The Morgan fingerprint density at radius 3 is 2.75 bits per heavy atom. The molecule has 0 saturated heterocycles. The molecule has 3 aromatic rings. The summed E-state index contributed by atoms with van der Waals surface area (Å²) < 4.78 is 0.948. The molecule has 6 heteroatoms. The van der Waals surface area contributed by atoms with Gasteiger partial charge in [0, 0.05) is 16.8 Å². The molecule has 0 aliphatic heterocycles. The van der Waals surface area contributed by atoms with Gasteiger partial charge in [0.15, 0.2) is 6.29 Å². The summed E-state index contributed by atoms with van der Waals surface area (Å²) in [6, 6.07) is 8.72. The summed E-state index contributed by atoms with van der Waals surface area (Å²) in [4.78, 5) is 15.5. The lowest BCUT2D eigenvalue weighted by atomic mass is 10.1. The van der Waals surface area contributed by atoms with Crippen molar-refractivity contribution < 1.29 is 4.79 Å². The van der Waals surface area contributed by atoms with E-state index in [2.05, 4.69) is 4.98 Å². The first kappa shape index (κ1) is 13.4. The van der Waals surface area contributed by atoms with E-state index in [0.717, 1.165) is 10.2 Å². The van der Waals surface area contributed by atoms with E-state index in [1.165, 1.54) is 11.3 Å². The summed E-state index contributed by atoms with van der Waals surface area (Å²) in [5, 5.41) is 1.46. The minimum absolute atomic E-state index is 0.319. The molecule has 0 unspecified atom stereocenters. The second kappa shape index (κ2) is 5.05. The molecule has 100 valence electrons. The number of thiazole rings is 1. The maximum absolute atomic E-state index is 11.0. The van der Waals surface area contributed by atoms with Crippen LogP contribution >= 0.6 is 34.5 Å². The zero-order valence-corrected chi connectivity index (χ0v) is 12.4. The van der Waals surface area contributed by atoms with Crippen LogP contribution in [0.15, 0.2) is 30.3 Å². The van der Waals surface area contributed by atoms with E-state index in [9.17, 15) is 4.79 Å². The third-order valence-electron chi connectivity index (χ3n) is 2.87. The van der Waals surface area contributed by atoms with E-state index in [1.807, 2.05) is 12.1 Å². The maximum Gasteiger partial charge on any atom is 0.151 e. The molecule has 0 aliphatic rings. The molecule has 0 saturated carbocycles. The number of hydrogen-bond donors (Lipinski definition) is 1. The smallest absolute Gasteiger partial charge is 0.151 e. The number of hydrogen-bond acceptors (Lipinski definition) is 4. The highest BCUT2D eigenvalue weighted by atomic mass is 35.5. The molecule has 0 fully saturated rings. The Morgan fingerprint density at radius 1 is 1.20 bits per heavy atom. The second-order valence-corrected chi connectivity index (χ2v) is 6.01. The normalized spacial score (nSPS) is 10.9. The van der Waals surface area contributed by atoms with Crippen LogP contribution in [0.3, 0.4) is 0 Å². The SMILES string of the molecule is Nc1ccc2nc(-c3c(Cl)ccc(C=O)c3Cl)sc2c1. The van der Waals surface area contributed by atoms with E-state index in [4.69, 9.17) is 28.9 Å². The van der Waals surface area contributed by atoms with Crippen molar-refractivity contribution in [2.75, 3.05) is 5.73 Å². The van der Waals surface area contributed by atoms with Crippen LogP contribution in [-0.2, 0) is 0 Å². The predicted molar refractivity (Wildman–Crippen MR) is 84.9 cm³/mol. The van der Waals surface area contributed by atoms with E-state index in [0.29, 0.717) is 38.2 Å². The first-order chi connectivity index (χ1) is 9.60. The fourth-order valence-electron chi connectivity index (χ4n) is 1.90. The molecule has 0 spiro atoms. The summed E-state index contributed by atoms with van der Waals surface area (Å²) in [7, 11) is 0. The van der Waals surface area contributed by atoms with Gasteiger partial charge >= 0.3 is 0 Å². The molecule has 0 aliphatic carbocycles. The Bertz CT molecular complexity index is 829. The van der Waals surface area contributed by atoms with Crippen molar-refractivity contribution in [3.05, 3.63) is 45.9 Å². The van der Waals surface area contributed by atoms with Crippen LogP contribution in [0, 0.1) is 0 Å². The van der Waals surface area contributed by atoms with Gasteiger partial charge in [-0.3, -0.25) is 4.79 Å². The Hall–Kier alpha value is -1.62. The van der Waals surface area contributed by atoms with E-state index in [1.54, 1.807) is 18.2 Å². The molecule has 1 aromatic heterocycles. The number of anilines is 1. The fourth-order valence-corrected chi connectivity index (χ4v) is 3.69. The minimum Gasteiger partial charge on any atom is -0.399 e. The highest BCUT2D eigenvalue weighted by Gasteiger charge is 2.16. The van der Waals surface area contributed by atoms with Crippen LogP contribution in [-0.4, -0.2) is 11.3 Å². The summed E-state index contributed by atoms with van der Waals surface area (Å²) in [6.45, 7) is 0. The molecule has 2 aromatic carbocycles. The zero-order valence-electron chi connectivity index (χ0n) is 10.1. The number of benzene rings is 2. The van der Waals surface area contributed by atoms with Crippen molar-refractivity contribution >= 4 is 56.7 Å². The van der Waals surface area contributed by atoms with Crippen molar-refractivity contribution in [1.29, 1.82) is 0 Å². The van der Waals surface area contributed by atoms with Crippen molar-refractivity contribution in [2.24, 2.45) is 0 Å². The first-order valence-electron chi connectivity index (χ1n) is 5.70. The van der Waals surface area contributed by atoms with E-state index < -0.39 is 0 Å². The summed E-state index contributed by atoms with van der Waals surface area (Å²) in [5.41, 5.74) is 8.23. The Labute approximate surface area is 129 Å². The quantitative estimate of drug-likeness (QED) is 0.551. The number of nitrogens with zero attached hydrogens (tertiary/aromatic N) is 1. The van der Waals surface area contributed by atoms with Gasteiger partial charge in [-0.15, -0.1) is 11.3 Å². The van der Waals surface area contributed by atoms with Gasteiger partial charge in [0.2, 0.25) is 0 Å². The van der Waals surface area contributed by atoms with E-state index >= 15 is 0 Å². The van der Waals surface area contributed by atoms with Gasteiger partial charge < -0.3 is 5.73 Å². The molecule has 1 heterocycles. The third kappa shape index (κ3) is 2.16. The van der Waals surface area contributed by atoms with Crippen LogP contribution in [0.5, 0.6) is 0 Å². The first-order valence-corrected chi connectivity index (χ1v) is 7.27. The number of aromatic nitrogens is 1. The van der Waals surface area contributed by atoms with Gasteiger partial charge in [0.25, 0.3) is 0 Å². The largest absolute Gasteiger partial charge is 0.399 e. The molecule has 20 heavy (non-hydrogen) atoms. The molecule has 3 nitrogen and oxygen atoms in total. The minimum atomic E-state index is 0.319. The maximum atomic E-state index is 11.0. The Balaban J connectivity index is 2.27. The molecule has 0 radical (unpaired) electrons. The average molecular weight is 323 g/mol. The number of rotatable bonds is 2. The number of carbonyl (C=O) groups is 1. The Kier molecular flexibility index (Phi) is 3.38. The molecule has 2 N–H and O–H groups in total. The molecule has 0 bridgehead atoms. The van der Waals surface area contributed by atoms with Gasteiger partial charge in [-0.25, -0.2) is 4.98 Å². The molecular formula is C14H8Cl2N2OS. The predicted octanol–water partition coefficient (Wildman–Crippen LogP) is 4.66. The zero-order chi connectivity index (χ0) is 14.3. The highest BCUT2D eigenvalue weighted by molar-refractivity contribution is 7.21. The number of halogens is 2. The Morgan fingerprint density at radius 2 is 2.00 bits per heavy atom. The van der Waals surface area contributed by atoms with Crippen LogP contribution in [0.4, 0.5) is 5.69 Å². The molecule has 0 atom stereocenters. The second-order valence-electron chi connectivity index (χ2n) is 4.19. The number of carbonyl (C=O) groups excluding carboxylic acids is 1. The lowest BCUT2D eigenvalue weighted by Gasteiger charge is -2.05. The molecular weight excluding hydrogens is 315 g/mol. The van der Waals surface area contributed by atoms with Crippen LogP contribution in [0.25, 0.3) is 20.8 Å². The van der Waals surface area contributed by atoms with E-state index in [-0.39, 0.29) is 0 Å². The summed E-state index contributed by atoms with van der Waals surface area (Å²) in [6.07, 6.45) is 0.702. The van der Waals surface area contributed by atoms with Crippen molar-refractivity contribution in [2.45, 2.75) is 0 Å². The van der Waals surface area contributed by atoms with Crippen LogP contribution in [0.2, 0.25) is 10.0 Å². The monoisotopic (exact) mass is 322 g/mol. The number of aldehydes is 1. The van der Waals surface area contributed by atoms with Gasteiger partial charge in [-0.1, -0.05) is 23.2 Å². The van der Waals surface area contributed by atoms with Gasteiger partial charge in [-0.05, 0) is 30.3 Å². The number of fused-ring (bicyclic) bond motifs is 1. The number of nitrogen functional groups attached to an aromatic ring is 1. The van der Waals surface area contributed by atoms with Gasteiger partial charge in [0.1, 0.15) is 5.01 Å². The van der Waals surface area contributed by atoms with Gasteiger partial charge in [-0.2, -0.15) is 0 Å². The highest BCUT2D eigenvalue weighted by Crippen LogP contribution is 2.40. The average Bonchev–Trinajstić information content (AvgIpc) is 2.81. The lowest BCUT2D eigenvalue weighted by molar-refractivity contribution is 0.112.